The maximum atomic E-state index is 10.2. The minimum atomic E-state index is -1.62. The molecule has 1 unspecified atom stereocenters. The fourth-order valence-electron chi connectivity index (χ4n) is 3.56. The lowest BCUT2D eigenvalue weighted by Crippen LogP contribution is -2.59. The molecular formula is C21H24N2O8S. The van der Waals surface area contributed by atoms with E-state index in [0.717, 1.165) is 11.3 Å². The second-order valence-corrected chi connectivity index (χ2v) is 7.85. The van der Waals surface area contributed by atoms with E-state index >= 15 is 0 Å². The van der Waals surface area contributed by atoms with Gasteiger partial charge in [0.1, 0.15) is 24.1 Å². The molecule has 4 rings (SSSR count). The number of thiol groups is 1. The van der Waals surface area contributed by atoms with Crippen LogP contribution >= 0.6 is 12.6 Å². The zero-order valence-electron chi connectivity index (χ0n) is 17.0. The second kappa shape index (κ2) is 9.63. The summed E-state index contributed by atoms with van der Waals surface area (Å²) in [7, 11) is 1.59. The Bertz CT molecular complexity index is 1050. The summed E-state index contributed by atoms with van der Waals surface area (Å²) in [6, 6.07) is 12.5. The molecule has 2 heterocycles. The van der Waals surface area contributed by atoms with Crippen LogP contribution < -0.4 is 9.62 Å². The predicted octanol–water partition coefficient (Wildman–Crippen LogP) is 0.701. The number of aliphatic hydroxyl groups is 4. The van der Waals surface area contributed by atoms with E-state index in [2.05, 4.69) is 10.2 Å². The molecule has 1 aliphatic heterocycles. The minimum absolute atomic E-state index is 0.261. The van der Waals surface area contributed by atoms with Crippen molar-refractivity contribution in [3.05, 3.63) is 53.7 Å². The van der Waals surface area contributed by atoms with Crippen molar-refractivity contribution >= 4 is 23.5 Å². The van der Waals surface area contributed by atoms with Gasteiger partial charge in [-0.05, 0) is 29.8 Å². The standard InChI is InChI=1S/C21H24N2O8S/c1-28-11-7-5-10(6-8-11)20(32)16-15-12(22-23-16)3-2-4-13(15)30-31-19-18(26)17(25)14(9-24)29-21(19)27/h2-8,14,17-21,24-27,32H,9H2,1H3,(H,22,23)/t14-,17-,18+,19-,20?,21-/m1/s1. The summed E-state index contributed by atoms with van der Waals surface area (Å²) >= 11 is 4.72. The first-order valence-corrected chi connectivity index (χ1v) is 10.4. The van der Waals surface area contributed by atoms with Gasteiger partial charge in [0.25, 0.3) is 0 Å². The highest BCUT2D eigenvalue weighted by Gasteiger charge is 2.45. The number of fused-ring (bicyclic) bond motifs is 1. The summed E-state index contributed by atoms with van der Waals surface area (Å²) in [5.41, 5.74) is 2.12. The third-order valence-electron chi connectivity index (χ3n) is 5.36. The summed E-state index contributed by atoms with van der Waals surface area (Å²) in [5, 5.41) is 47.0. The van der Waals surface area contributed by atoms with Crippen molar-refractivity contribution in [2.45, 2.75) is 36.0 Å². The molecule has 11 heteroatoms. The fourth-order valence-corrected chi connectivity index (χ4v) is 3.92. The highest BCUT2D eigenvalue weighted by atomic mass is 32.1. The van der Waals surface area contributed by atoms with Crippen molar-refractivity contribution in [2.24, 2.45) is 0 Å². The third-order valence-corrected chi connectivity index (χ3v) is 5.90. The van der Waals surface area contributed by atoms with Gasteiger partial charge >= 0.3 is 0 Å². The first-order valence-electron chi connectivity index (χ1n) is 9.87. The van der Waals surface area contributed by atoms with Gasteiger partial charge in [0, 0.05) is 0 Å². The summed E-state index contributed by atoms with van der Waals surface area (Å²) in [6.45, 7) is -0.574. The van der Waals surface area contributed by atoms with Crippen molar-refractivity contribution in [1.29, 1.82) is 0 Å². The number of ether oxygens (including phenoxy) is 2. The Balaban J connectivity index is 1.58. The number of H-pyrrole nitrogens is 1. The van der Waals surface area contributed by atoms with Crippen molar-refractivity contribution < 1.29 is 39.7 Å². The average molecular weight is 464 g/mol. The van der Waals surface area contributed by atoms with Crippen molar-refractivity contribution in [3.63, 3.8) is 0 Å². The zero-order valence-corrected chi connectivity index (χ0v) is 17.9. The Kier molecular flexibility index (Phi) is 6.86. The monoisotopic (exact) mass is 464 g/mol. The molecule has 1 aliphatic rings. The molecule has 1 aromatic heterocycles. The van der Waals surface area contributed by atoms with Crippen LogP contribution in [0.1, 0.15) is 16.5 Å². The molecule has 0 bridgehead atoms. The van der Waals surface area contributed by atoms with Gasteiger partial charge in [-0.15, -0.1) is 0 Å². The average Bonchev–Trinajstić information content (AvgIpc) is 3.26. The third kappa shape index (κ3) is 4.28. The van der Waals surface area contributed by atoms with Gasteiger partial charge < -0.3 is 34.8 Å². The van der Waals surface area contributed by atoms with E-state index in [9.17, 15) is 20.4 Å². The number of nitrogens with one attached hydrogen (secondary N) is 1. The summed E-state index contributed by atoms with van der Waals surface area (Å²) in [4.78, 5) is 10.7. The number of hydrogen-bond donors (Lipinski definition) is 6. The molecule has 3 aromatic rings. The van der Waals surface area contributed by atoms with E-state index in [4.69, 9.17) is 31.9 Å². The van der Waals surface area contributed by atoms with E-state index in [0.29, 0.717) is 16.6 Å². The van der Waals surface area contributed by atoms with Crippen LogP contribution in [-0.2, 0) is 9.62 Å². The molecule has 5 N–H and O–H groups in total. The van der Waals surface area contributed by atoms with E-state index in [1.54, 1.807) is 25.3 Å². The Morgan fingerprint density at radius 3 is 2.56 bits per heavy atom. The van der Waals surface area contributed by atoms with E-state index in [-0.39, 0.29) is 5.75 Å². The zero-order chi connectivity index (χ0) is 22.8. The molecule has 6 atom stereocenters. The lowest BCUT2D eigenvalue weighted by atomic mass is 9.99. The topological polar surface area (TPSA) is 147 Å². The van der Waals surface area contributed by atoms with Crippen LogP contribution in [0, 0.1) is 0 Å². The largest absolute Gasteiger partial charge is 0.497 e. The smallest absolute Gasteiger partial charge is 0.188 e. The maximum absolute atomic E-state index is 10.2. The van der Waals surface area contributed by atoms with Crippen molar-refractivity contribution in [3.8, 4) is 11.5 Å². The van der Waals surface area contributed by atoms with Crippen LogP contribution in [-0.4, -0.2) is 75.0 Å². The molecule has 1 saturated heterocycles. The number of rotatable bonds is 7. The molecule has 0 saturated carbocycles. The number of aliphatic hydroxyl groups excluding tert-OH is 4. The van der Waals surface area contributed by atoms with Crippen LogP contribution in [0.4, 0.5) is 0 Å². The highest BCUT2D eigenvalue weighted by Crippen LogP contribution is 2.37. The van der Waals surface area contributed by atoms with E-state index in [1.807, 2.05) is 24.3 Å². The summed E-state index contributed by atoms with van der Waals surface area (Å²) < 4.78 is 10.3. The summed E-state index contributed by atoms with van der Waals surface area (Å²) in [6.07, 6.45) is -7.18. The molecule has 10 nitrogen and oxygen atoms in total. The Morgan fingerprint density at radius 1 is 1.12 bits per heavy atom. The van der Waals surface area contributed by atoms with Gasteiger partial charge in [0.15, 0.2) is 18.1 Å². The van der Waals surface area contributed by atoms with Crippen LogP contribution in [0.2, 0.25) is 0 Å². The van der Waals surface area contributed by atoms with Crippen LogP contribution in [0.5, 0.6) is 11.5 Å². The Hall–Kier alpha value is -2.38. The molecule has 32 heavy (non-hydrogen) atoms. The minimum Gasteiger partial charge on any atom is -0.497 e. The lowest BCUT2D eigenvalue weighted by molar-refractivity contribution is -0.364. The number of aromatic amines is 1. The van der Waals surface area contributed by atoms with Crippen molar-refractivity contribution in [2.75, 3.05) is 13.7 Å². The van der Waals surface area contributed by atoms with Gasteiger partial charge in [-0.2, -0.15) is 22.6 Å². The molecule has 0 spiro atoms. The van der Waals surface area contributed by atoms with Gasteiger partial charge in [0.2, 0.25) is 0 Å². The lowest BCUT2D eigenvalue weighted by Gasteiger charge is -2.38. The molecule has 1 fully saturated rings. The van der Waals surface area contributed by atoms with Gasteiger partial charge in [-0.25, -0.2) is 0 Å². The molecule has 0 aliphatic carbocycles. The number of nitrogens with zero attached hydrogens (tertiary/aromatic N) is 1. The normalized spacial score (nSPS) is 26.8. The van der Waals surface area contributed by atoms with E-state index < -0.39 is 42.6 Å². The summed E-state index contributed by atoms with van der Waals surface area (Å²) in [5.74, 6) is 0.980. The molecule has 172 valence electrons. The van der Waals surface area contributed by atoms with Gasteiger partial charge in [-0.3, -0.25) is 5.10 Å². The molecule has 0 radical (unpaired) electrons. The van der Waals surface area contributed by atoms with Crippen molar-refractivity contribution in [1.82, 2.24) is 10.2 Å². The fraction of sp³-hybridized carbons (Fsp3) is 0.381. The highest BCUT2D eigenvalue weighted by molar-refractivity contribution is 7.80. The maximum Gasteiger partial charge on any atom is 0.188 e. The molecule has 2 aromatic carbocycles. The first kappa shape index (κ1) is 22.8. The molecular weight excluding hydrogens is 440 g/mol. The van der Waals surface area contributed by atoms with Crippen LogP contribution in [0.3, 0.4) is 0 Å². The number of aromatic nitrogens is 2. The second-order valence-electron chi connectivity index (χ2n) is 7.34. The van der Waals surface area contributed by atoms with Crippen LogP contribution in [0.15, 0.2) is 42.5 Å². The Morgan fingerprint density at radius 2 is 1.88 bits per heavy atom. The number of benzene rings is 2. The van der Waals surface area contributed by atoms with E-state index in [1.165, 1.54) is 0 Å². The molecule has 0 amide bonds. The number of hydrogen-bond acceptors (Lipinski definition) is 10. The quantitative estimate of drug-likeness (QED) is 0.169. The predicted molar refractivity (Wildman–Crippen MR) is 115 cm³/mol. The van der Waals surface area contributed by atoms with Crippen LogP contribution in [0.25, 0.3) is 10.9 Å². The number of methoxy groups -OCH3 is 1. The Labute approximate surface area is 188 Å². The SMILES string of the molecule is COc1ccc(C(S)c2n[nH]c3cccc(OO[C@@H]4[C@@H](O)[C@H](O)[C@@H](CO)O[C@H]4O)c23)cc1. The van der Waals surface area contributed by atoms with Gasteiger partial charge in [-0.1, -0.05) is 18.2 Å². The van der Waals surface area contributed by atoms with Gasteiger partial charge in [0.05, 0.1) is 35.6 Å². The first-order chi connectivity index (χ1) is 15.4.